The van der Waals surface area contributed by atoms with Crippen molar-refractivity contribution in [1.29, 1.82) is 0 Å². The molecule has 1 atom stereocenters. The molecule has 0 aromatic heterocycles. The highest BCUT2D eigenvalue weighted by Crippen LogP contribution is 2.15. The lowest BCUT2D eigenvalue weighted by Gasteiger charge is -2.31. The van der Waals surface area contributed by atoms with Gasteiger partial charge in [-0.15, -0.1) is 0 Å². The van der Waals surface area contributed by atoms with E-state index in [1.807, 2.05) is 13.8 Å². The fourth-order valence-electron chi connectivity index (χ4n) is 2.17. The number of carbonyl (C=O) groups is 1. The van der Waals surface area contributed by atoms with E-state index in [2.05, 4.69) is 17.1 Å². The van der Waals surface area contributed by atoms with Crippen LogP contribution in [-0.2, 0) is 4.79 Å². The molecule has 100 valence electrons. The summed E-state index contributed by atoms with van der Waals surface area (Å²) in [6.45, 7) is 10.4. The lowest BCUT2D eigenvalue weighted by atomic mass is 9.96. The maximum Gasteiger partial charge on any atom is 0.237 e. The molecule has 1 rings (SSSR count). The first kappa shape index (κ1) is 14.5. The van der Waals surface area contributed by atoms with Crippen molar-refractivity contribution in [3.8, 4) is 0 Å². The molecule has 1 saturated heterocycles. The van der Waals surface area contributed by atoms with E-state index in [0.29, 0.717) is 5.92 Å². The standard InChI is InChI=1S/C13H27N3O/c1-4-16-7-5-11(6-8-16)9-15-13(17)12(14)10(2)3/h10-12H,4-9,14H2,1-3H3,(H,15,17). The molecule has 1 aliphatic rings. The number of piperidine rings is 1. The summed E-state index contributed by atoms with van der Waals surface area (Å²) in [5, 5.41) is 2.98. The fourth-order valence-corrected chi connectivity index (χ4v) is 2.17. The van der Waals surface area contributed by atoms with Crippen LogP contribution in [-0.4, -0.2) is 43.0 Å². The molecule has 0 bridgehead atoms. The largest absolute Gasteiger partial charge is 0.354 e. The molecular formula is C13H27N3O. The number of carbonyl (C=O) groups excluding carboxylic acids is 1. The third-order valence-electron chi connectivity index (χ3n) is 3.74. The third kappa shape index (κ3) is 4.64. The van der Waals surface area contributed by atoms with Gasteiger partial charge < -0.3 is 16.0 Å². The first-order chi connectivity index (χ1) is 8.04. The van der Waals surface area contributed by atoms with E-state index in [-0.39, 0.29) is 17.9 Å². The van der Waals surface area contributed by atoms with Crippen molar-refractivity contribution in [2.45, 2.75) is 39.7 Å². The van der Waals surface area contributed by atoms with Gasteiger partial charge in [-0.05, 0) is 44.3 Å². The highest BCUT2D eigenvalue weighted by Gasteiger charge is 2.21. The van der Waals surface area contributed by atoms with Crippen LogP contribution < -0.4 is 11.1 Å². The molecule has 4 nitrogen and oxygen atoms in total. The van der Waals surface area contributed by atoms with Crippen LogP contribution in [0.2, 0.25) is 0 Å². The average molecular weight is 241 g/mol. The average Bonchev–Trinajstić information content (AvgIpc) is 2.35. The summed E-state index contributed by atoms with van der Waals surface area (Å²) in [5.41, 5.74) is 5.80. The van der Waals surface area contributed by atoms with Crippen molar-refractivity contribution < 1.29 is 4.79 Å². The van der Waals surface area contributed by atoms with Crippen LogP contribution in [0.5, 0.6) is 0 Å². The van der Waals surface area contributed by atoms with Gasteiger partial charge in [0.25, 0.3) is 0 Å². The van der Waals surface area contributed by atoms with E-state index >= 15 is 0 Å². The van der Waals surface area contributed by atoms with Crippen molar-refractivity contribution in [2.24, 2.45) is 17.6 Å². The first-order valence-corrected chi connectivity index (χ1v) is 6.80. The smallest absolute Gasteiger partial charge is 0.237 e. The van der Waals surface area contributed by atoms with Gasteiger partial charge in [0, 0.05) is 6.54 Å². The lowest BCUT2D eigenvalue weighted by molar-refractivity contribution is -0.123. The zero-order valence-electron chi connectivity index (χ0n) is 11.4. The van der Waals surface area contributed by atoms with Crippen molar-refractivity contribution in [2.75, 3.05) is 26.2 Å². The van der Waals surface area contributed by atoms with Crippen LogP contribution in [0.25, 0.3) is 0 Å². The molecule has 0 spiro atoms. The molecule has 17 heavy (non-hydrogen) atoms. The Balaban J connectivity index is 2.21. The summed E-state index contributed by atoms with van der Waals surface area (Å²) in [5.74, 6) is 0.830. The number of hydrogen-bond donors (Lipinski definition) is 2. The summed E-state index contributed by atoms with van der Waals surface area (Å²) >= 11 is 0. The molecule has 1 aliphatic heterocycles. The van der Waals surface area contributed by atoms with Crippen LogP contribution in [0.1, 0.15) is 33.6 Å². The number of likely N-dealkylation sites (tertiary alicyclic amines) is 1. The van der Waals surface area contributed by atoms with Crippen LogP contribution in [0, 0.1) is 11.8 Å². The molecule has 4 heteroatoms. The predicted molar refractivity (Wildman–Crippen MR) is 70.7 cm³/mol. The second kappa shape index (κ2) is 6.97. The minimum Gasteiger partial charge on any atom is -0.354 e. The van der Waals surface area contributed by atoms with E-state index < -0.39 is 0 Å². The van der Waals surface area contributed by atoms with Crippen LogP contribution in [0.15, 0.2) is 0 Å². The van der Waals surface area contributed by atoms with Gasteiger partial charge >= 0.3 is 0 Å². The van der Waals surface area contributed by atoms with E-state index in [9.17, 15) is 4.79 Å². The molecule has 0 radical (unpaired) electrons. The van der Waals surface area contributed by atoms with E-state index in [1.54, 1.807) is 0 Å². The van der Waals surface area contributed by atoms with Crippen molar-refractivity contribution >= 4 is 5.91 Å². The third-order valence-corrected chi connectivity index (χ3v) is 3.74. The fraction of sp³-hybridized carbons (Fsp3) is 0.923. The molecule has 3 N–H and O–H groups in total. The number of rotatable bonds is 5. The van der Waals surface area contributed by atoms with Crippen LogP contribution in [0.4, 0.5) is 0 Å². The number of amides is 1. The Morgan fingerprint density at radius 3 is 2.47 bits per heavy atom. The second-order valence-corrected chi connectivity index (χ2v) is 5.39. The van der Waals surface area contributed by atoms with Crippen LogP contribution >= 0.6 is 0 Å². The minimum atomic E-state index is -0.370. The Bertz CT molecular complexity index is 235. The highest BCUT2D eigenvalue weighted by molar-refractivity contribution is 5.81. The number of nitrogens with two attached hydrogens (primary N) is 1. The highest BCUT2D eigenvalue weighted by atomic mass is 16.2. The lowest BCUT2D eigenvalue weighted by Crippen LogP contribution is -2.46. The quantitative estimate of drug-likeness (QED) is 0.749. The van der Waals surface area contributed by atoms with Gasteiger partial charge in [-0.25, -0.2) is 0 Å². The second-order valence-electron chi connectivity index (χ2n) is 5.39. The number of nitrogens with one attached hydrogen (secondary N) is 1. The summed E-state index contributed by atoms with van der Waals surface area (Å²) in [4.78, 5) is 14.2. The maximum absolute atomic E-state index is 11.7. The molecular weight excluding hydrogens is 214 g/mol. The van der Waals surface area contributed by atoms with Gasteiger partial charge in [0.05, 0.1) is 6.04 Å². The van der Waals surface area contributed by atoms with E-state index in [4.69, 9.17) is 5.73 Å². The van der Waals surface area contributed by atoms with Crippen molar-refractivity contribution in [1.82, 2.24) is 10.2 Å². The Labute approximate surface area is 105 Å². The van der Waals surface area contributed by atoms with Gasteiger partial charge in [-0.3, -0.25) is 4.79 Å². The van der Waals surface area contributed by atoms with Crippen molar-refractivity contribution in [3.05, 3.63) is 0 Å². The molecule has 0 aromatic rings. The predicted octanol–water partition coefficient (Wildman–Crippen LogP) is 0.818. The Morgan fingerprint density at radius 1 is 1.41 bits per heavy atom. The SMILES string of the molecule is CCN1CCC(CNC(=O)C(N)C(C)C)CC1. The molecule has 1 heterocycles. The normalized spacial score (nSPS) is 20.5. The van der Waals surface area contributed by atoms with E-state index in [0.717, 1.165) is 26.2 Å². The zero-order chi connectivity index (χ0) is 12.8. The zero-order valence-corrected chi connectivity index (χ0v) is 11.4. The Morgan fingerprint density at radius 2 is 2.00 bits per heavy atom. The van der Waals surface area contributed by atoms with Gasteiger partial charge in [-0.2, -0.15) is 0 Å². The molecule has 1 unspecified atom stereocenters. The maximum atomic E-state index is 11.7. The first-order valence-electron chi connectivity index (χ1n) is 6.80. The van der Waals surface area contributed by atoms with Gasteiger partial charge in [0.2, 0.25) is 5.91 Å². The van der Waals surface area contributed by atoms with E-state index in [1.165, 1.54) is 12.8 Å². The van der Waals surface area contributed by atoms with Gasteiger partial charge in [0.1, 0.15) is 0 Å². The van der Waals surface area contributed by atoms with Gasteiger partial charge in [-0.1, -0.05) is 20.8 Å². The summed E-state index contributed by atoms with van der Waals surface area (Å²) < 4.78 is 0. The molecule has 1 amide bonds. The summed E-state index contributed by atoms with van der Waals surface area (Å²) in [7, 11) is 0. The molecule has 1 fully saturated rings. The van der Waals surface area contributed by atoms with Gasteiger partial charge in [0.15, 0.2) is 0 Å². The molecule has 0 aliphatic carbocycles. The minimum absolute atomic E-state index is 0.00192. The number of nitrogens with zero attached hydrogens (tertiary/aromatic N) is 1. The molecule has 0 saturated carbocycles. The van der Waals surface area contributed by atoms with Crippen LogP contribution in [0.3, 0.4) is 0 Å². The van der Waals surface area contributed by atoms with Crippen molar-refractivity contribution in [3.63, 3.8) is 0 Å². The monoisotopic (exact) mass is 241 g/mol. The summed E-state index contributed by atoms with van der Waals surface area (Å²) in [6, 6.07) is -0.370. The number of hydrogen-bond acceptors (Lipinski definition) is 3. The topological polar surface area (TPSA) is 58.4 Å². The summed E-state index contributed by atoms with van der Waals surface area (Å²) in [6.07, 6.45) is 2.37. The Kier molecular flexibility index (Phi) is 5.92. The Hall–Kier alpha value is -0.610. The molecule has 0 aromatic carbocycles.